The van der Waals surface area contributed by atoms with Crippen molar-refractivity contribution >= 4 is 5.69 Å². The third-order valence-corrected chi connectivity index (χ3v) is 3.42. The second-order valence-electron chi connectivity index (χ2n) is 5.37. The number of benzene rings is 1. The Bertz CT molecular complexity index is 442. The van der Waals surface area contributed by atoms with Crippen molar-refractivity contribution in [1.29, 1.82) is 5.53 Å². The summed E-state index contributed by atoms with van der Waals surface area (Å²) >= 11 is 0. The molecule has 0 spiro atoms. The summed E-state index contributed by atoms with van der Waals surface area (Å²) in [4.78, 5) is 0. The van der Waals surface area contributed by atoms with Crippen molar-refractivity contribution in [3.63, 3.8) is 0 Å². The van der Waals surface area contributed by atoms with Crippen molar-refractivity contribution in [3.05, 3.63) is 29.8 Å². The van der Waals surface area contributed by atoms with Gasteiger partial charge in [-0.05, 0) is 32.9 Å². The Hall–Kier alpha value is -1.70. The van der Waals surface area contributed by atoms with Crippen molar-refractivity contribution in [3.8, 4) is 0 Å². The number of nitrogens with zero attached hydrogens (tertiary/aromatic N) is 2. The highest BCUT2D eigenvalue weighted by Gasteiger charge is 2.11. The zero-order valence-electron chi connectivity index (χ0n) is 15.0. The maximum atomic E-state index is 7.32. The molecule has 2 N–H and O–H groups in total. The number of anilines is 1. The Kier molecular flexibility index (Phi) is 10.8. The van der Waals surface area contributed by atoms with E-state index in [4.69, 9.17) is 19.7 Å². The average molecular weight is 338 g/mol. The fraction of sp³-hybridized carbons (Fsp3) is 0.647. The number of nitrogens with one attached hydrogen (secondary N) is 2. The maximum Gasteiger partial charge on any atom is 0.114 e. The summed E-state index contributed by atoms with van der Waals surface area (Å²) in [5.74, 6) is 0. The molecule has 0 bridgehead atoms. The summed E-state index contributed by atoms with van der Waals surface area (Å²) in [7, 11) is 0. The molecule has 0 aromatic heterocycles. The third-order valence-electron chi connectivity index (χ3n) is 3.42. The standard InChI is InChI=1S/C17H30N4O3/c1-4-22-11-12-24-14-13-23-10-9-21(20-18)16(3)19-17-7-5-15(2)6-8-17/h5-8,16,18-19H,4,9-14H2,1-3H3. The minimum atomic E-state index is -0.0868. The second kappa shape index (κ2) is 12.7. The number of hydrogen-bond acceptors (Lipinski definition) is 6. The molecular weight excluding hydrogens is 308 g/mol. The highest BCUT2D eigenvalue weighted by atomic mass is 16.5. The van der Waals surface area contributed by atoms with E-state index in [-0.39, 0.29) is 6.17 Å². The van der Waals surface area contributed by atoms with Gasteiger partial charge in [-0.2, -0.15) is 5.53 Å². The van der Waals surface area contributed by atoms with Crippen LogP contribution in [0.5, 0.6) is 0 Å². The molecule has 1 aromatic carbocycles. The van der Waals surface area contributed by atoms with E-state index in [9.17, 15) is 0 Å². The fourth-order valence-corrected chi connectivity index (χ4v) is 2.04. The van der Waals surface area contributed by atoms with Gasteiger partial charge in [0, 0.05) is 12.3 Å². The molecule has 0 radical (unpaired) electrons. The highest BCUT2D eigenvalue weighted by molar-refractivity contribution is 5.44. The van der Waals surface area contributed by atoms with E-state index in [1.807, 2.05) is 38.1 Å². The molecular formula is C17H30N4O3. The first-order chi connectivity index (χ1) is 11.7. The van der Waals surface area contributed by atoms with Crippen LogP contribution in [0, 0.1) is 12.5 Å². The molecule has 0 aliphatic carbocycles. The Morgan fingerprint density at radius 1 is 1.04 bits per heavy atom. The first kappa shape index (κ1) is 20.3. The predicted molar refractivity (Wildman–Crippen MR) is 94.2 cm³/mol. The van der Waals surface area contributed by atoms with Gasteiger partial charge in [-0.3, -0.25) is 5.01 Å². The maximum absolute atomic E-state index is 7.32. The number of ether oxygens (including phenoxy) is 3. The summed E-state index contributed by atoms with van der Waals surface area (Å²) in [6.07, 6.45) is -0.0868. The van der Waals surface area contributed by atoms with Crippen LogP contribution in [0.3, 0.4) is 0 Å². The molecule has 0 fully saturated rings. The van der Waals surface area contributed by atoms with E-state index >= 15 is 0 Å². The Morgan fingerprint density at radius 3 is 2.21 bits per heavy atom. The van der Waals surface area contributed by atoms with Gasteiger partial charge >= 0.3 is 0 Å². The molecule has 7 heteroatoms. The van der Waals surface area contributed by atoms with E-state index in [1.54, 1.807) is 5.01 Å². The van der Waals surface area contributed by atoms with Crippen molar-refractivity contribution in [1.82, 2.24) is 5.01 Å². The van der Waals surface area contributed by atoms with Crippen LogP contribution in [-0.4, -0.2) is 57.4 Å². The zero-order chi connectivity index (χ0) is 17.6. The summed E-state index contributed by atoms with van der Waals surface area (Å²) < 4.78 is 16.1. The number of hydrogen-bond donors (Lipinski definition) is 2. The SMILES string of the molecule is CCOCCOCCOCCN(N=N)C(C)Nc1ccc(C)cc1. The highest BCUT2D eigenvalue weighted by Crippen LogP contribution is 2.11. The molecule has 1 atom stereocenters. The van der Waals surface area contributed by atoms with E-state index in [0.29, 0.717) is 46.2 Å². The molecule has 1 rings (SSSR count). The quantitative estimate of drug-likeness (QED) is 0.236. The average Bonchev–Trinajstić information content (AvgIpc) is 2.58. The van der Waals surface area contributed by atoms with Gasteiger partial charge in [-0.25, -0.2) is 0 Å². The van der Waals surface area contributed by atoms with Crippen LogP contribution < -0.4 is 5.32 Å². The molecule has 1 unspecified atom stereocenters. The van der Waals surface area contributed by atoms with Crippen LogP contribution in [0.25, 0.3) is 0 Å². The Morgan fingerprint density at radius 2 is 1.62 bits per heavy atom. The lowest BCUT2D eigenvalue weighted by Gasteiger charge is -2.26. The molecule has 0 aliphatic rings. The third kappa shape index (κ3) is 8.81. The van der Waals surface area contributed by atoms with Gasteiger partial charge in [0.25, 0.3) is 0 Å². The summed E-state index contributed by atoms with van der Waals surface area (Å²) in [6.45, 7) is 10.00. The van der Waals surface area contributed by atoms with Crippen LogP contribution in [0.1, 0.15) is 19.4 Å². The van der Waals surface area contributed by atoms with E-state index < -0.39 is 0 Å². The predicted octanol–water partition coefficient (Wildman–Crippen LogP) is 3.07. The number of rotatable bonds is 14. The smallest absolute Gasteiger partial charge is 0.114 e. The Labute approximate surface area is 144 Å². The second-order valence-corrected chi connectivity index (χ2v) is 5.37. The minimum absolute atomic E-state index is 0.0868. The van der Waals surface area contributed by atoms with Gasteiger partial charge < -0.3 is 19.5 Å². The molecule has 0 amide bonds. The van der Waals surface area contributed by atoms with E-state index in [2.05, 4.69) is 17.5 Å². The van der Waals surface area contributed by atoms with Crippen molar-refractivity contribution < 1.29 is 14.2 Å². The summed E-state index contributed by atoms with van der Waals surface area (Å²) in [5.41, 5.74) is 9.54. The van der Waals surface area contributed by atoms with E-state index in [0.717, 1.165) is 5.69 Å². The summed E-state index contributed by atoms with van der Waals surface area (Å²) in [5, 5.41) is 8.53. The molecule has 0 saturated carbocycles. The van der Waals surface area contributed by atoms with Gasteiger partial charge in [0.2, 0.25) is 0 Å². The van der Waals surface area contributed by atoms with Crippen LogP contribution in [0.2, 0.25) is 0 Å². The van der Waals surface area contributed by atoms with Crippen molar-refractivity contribution in [2.45, 2.75) is 26.9 Å². The molecule has 136 valence electrons. The molecule has 24 heavy (non-hydrogen) atoms. The first-order valence-electron chi connectivity index (χ1n) is 8.37. The number of aryl methyl sites for hydroxylation is 1. The van der Waals surface area contributed by atoms with Gasteiger partial charge in [0.05, 0.1) is 39.6 Å². The minimum Gasteiger partial charge on any atom is -0.379 e. The zero-order valence-corrected chi connectivity index (χ0v) is 15.0. The lowest BCUT2D eigenvalue weighted by Crippen LogP contribution is -2.36. The van der Waals surface area contributed by atoms with Crippen molar-refractivity contribution in [2.75, 3.05) is 51.5 Å². The summed E-state index contributed by atoms with van der Waals surface area (Å²) in [6, 6.07) is 8.13. The van der Waals surface area contributed by atoms with Gasteiger partial charge in [-0.15, -0.1) is 0 Å². The lowest BCUT2D eigenvalue weighted by molar-refractivity contribution is 0.0107. The van der Waals surface area contributed by atoms with Crippen LogP contribution in [0.15, 0.2) is 29.5 Å². The lowest BCUT2D eigenvalue weighted by atomic mass is 10.2. The normalized spacial score (nSPS) is 12.0. The Balaban J connectivity index is 2.15. The molecule has 1 aromatic rings. The molecule has 0 aliphatic heterocycles. The van der Waals surface area contributed by atoms with Gasteiger partial charge in [-0.1, -0.05) is 22.9 Å². The molecule has 0 saturated heterocycles. The van der Waals surface area contributed by atoms with Crippen molar-refractivity contribution in [2.24, 2.45) is 5.22 Å². The van der Waals surface area contributed by atoms with Crippen LogP contribution in [-0.2, 0) is 14.2 Å². The monoisotopic (exact) mass is 338 g/mol. The topological polar surface area (TPSA) is 79.2 Å². The molecule has 7 nitrogen and oxygen atoms in total. The fourth-order valence-electron chi connectivity index (χ4n) is 2.04. The van der Waals surface area contributed by atoms with Gasteiger partial charge in [0.1, 0.15) is 6.17 Å². The molecule has 0 heterocycles. The first-order valence-corrected chi connectivity index (χ1v) is 8.37. The van der Waals surface area contributed by atoms with Crippen LogP contribution >= 0.6 is 0 Å². The largest absolute Gasteiger partial charge is 0.379 e. The van der Waals surface area contributed by atoms with Crippen LogP contribution in [0.4, 0.5) is 5.69 Å². The van der Waals surface area contributed by atoms with E-state index in [1.165, 1.54) is 5.56 Å². The van der Waals surface area contributed by atoms with Gasteiger partial charge in [0.15, 0.2) is 0 Å².